The standard InChI is InChI=1S/C21H26N6O.HI/c1-2-23-21(25-14-16-28-20-5-3-11-22-17-20)24-13-10-18-6-8-19(9-7-18)27-15-4-12-26-27;/h3-9,11-12,15,17H,2,10,13-14,16H2,1H3,(H2,23,24,25);1H. The van der Waals surface area contributed by atoms with Crippen LogP contribution in [0.1, 0.15) is 12.5 Å². The van der Waals surface area contributed by atoms with Gasteiger partial charge >= 0.3 is 0 Å². The third-order valence-electron chi connectivity index (χ3n) is 4.02. The van der Waals surface area contributed by atoms with Crippen molar-refractivity contribution < 1.29 is 4.74 Å². The zero-order valence-electron chi connectivity index (χ0n) is 16.5. The van der Waals surface area contributed by atoms with E-state index in [4.69, 9.17) is 4.74 Å². The molecule has 8 heteroatoms. The summed E-state index contributed by atoms with van der Waals surface area (Å²) in [6.45, 7) is 4.79. The van der Waals surface area contributed by atoms with Crippen LogP contribution in [0, 0.1) is 0 Å². The summed E-state index contributed by atoms with van der Waals surface area (Å²) < 4.78 is 7.49. The highest BCUT2D eigenvalue weighted by Gasteiger charge is 2.00. The van der Waals surface area contributed by atoms with E-state index < -0.39 is 0 Å². The first kappa shape index (κ1) is 22.7. The lowest BCUT2D eigenvalue weighted by molar-refractivity contribution is 0.320. The number of nitrogens with one attached hydrogen (secondary N) is 2. The van der Waals surface area contributed by atoms with Crippen molar-refractivity contribution in [2.24, 2.45) is 4.99 Å². The second kappa shape index (κ2) is 12.8. The number of ether oxygens (including phenoxy) is 1. The lowest BCUT2D eigenvalue weighted by atomic mass is 10.1. The predicted molar refractivity (Wildman–Crippen MR) is 126 cm³/mol. The highest BCUT2D eigenvalue weighted by molar-refractivity contribution is 14.0. The van der Waals surface area contributed by atoms with Gasteiger partial charge in [0, 0.05) is 31.7 Å². The van der Waals surface area contributed by atoms with Crippen LogP contribution in [0.3, 0.4) is 0 Å². The van der Waals surface area contributed by atoms with Crippen LogP contribution in [0.15, 0.2) is 72.2 Å². The summed E-state index contributed by atoms with van der Waals surface area (Å²) in [5, 5.41) is 10.8. The molecule has 7 nitrogen and oxygen atoms in total. The van der Waals surface area contributed by atoms with Gasteiger partial charge in [-0.25, -0.2) is 4.68 Å². The lowest BCUT2D eigenvalue weighted by Gasteiger charge is -2.12. The van der Waals surface area contributed by atoms with Gasteiger partial charge in [-0.2, -0.15) is 5.10 Å². The van der Waals surface area contributed by atoms with Gasteiger partial charge in [0.2, 0.25) is 0 Å². The largest absolute Gasteiger partial charge is 0.490 e. The molecule has 0 amide bonds. The fraction of sp³-hybridized carbons (Fsp3) is 0.286. The van der Waals surface area contributed by atoms with Crippen LogP contribution in [0.5, 0.6) is 5.75 Å². The normalized spacial score (nSPS) is 10.9. The molecule has 3 aromatic rings. The molecule has 3 rings (SSSR count). The van der Waals surface area contributed by atoms with Gasteiger partial charge in [0.15, 0.2) is 5.96 Å². The van der Waals surface area contributed by atoms with E-state index >= 15 is 0 Å². The quantitative estimate of drug-likeness (QED) is 0.202. The fourth-order valence-electron chi connectivity index (χ4n) is 2.65. The lowest BCUT2D eigenvalue weighted by Crippen LogP contribution is -2.39. The van der Waals surface area contributed by atoms with Crippen molar-refractivity contribution in [3.05, 3.63) is 72.8 Å². The number of benzene rings is 1. The van der Waals surface area contributed by atoms with Crippen LogP contribution < -0.4 is 15.4 Å². The number of guanidine groups is 1. The molecular formula is C21H27IN6O. The Bertz CT molecular complexity index is 837. The molecule has 0 spiro atoms. The monoisotopic (exact) mass is 506 g/mol. The van der Waals surface area contributed by atoms with Gasteiger partial charge < -0.3 is 15.4 Å². The minimum absolute atomic E-state index is 0. The second-order valence-electron chi connectivity index (χ2n) is 6.09. The van der Waals surface area contributed by atoms with Crippen molar-refractivity contribution in [1.82, 2.24) is 25.4 Å². The average molecular weight is 506 g/mol. The number of pyridine rings is 1. The number of halogens is 1. The molecule has 0 aliphatic rings. The summed E-state index contributed by atoms with van der Waals surface area (Å²) >= 11 is 0. The first-order chi connectivity index (χ1) is 13.8. The molecule has 0 atom stereocenters. The Balaban J connectivity index is 0.00000300. The molecule has 154 valence electrons. The molecule has 1 aromatic carbocycles. The predicted octanol–water partition coefficient (Wildman–Crippen LogP) is 3.06. The summed E-state index contributed by atoms with van der Waals surface area (Å²) in [5.74, 6) is 1.57. The third kappa shape index (κ3) is 7.72. The Morgan fingerprint density at radius 1 is 1.10 bits per heavy atom. The van der Waals surface area contributed by atoms with E-state index in [9.17, 15) is 0 Å². The Hall–Kier alpha value is -2.62. The number of aliphatic imine (C=N–C) groups is 1. The van der Waals surface area contributed by atoms with Gasteiger partial charge in [0.1, 0.15) is 12.4 Å². The molecule has 0 saturated carbocycles. The van der Waals surface area contributed by atoms with E-state index in [1.54, 1.807) is 18.6 Å². The van der Waals surface area contributed by atoms with Crippen LogP contribution in [0.4, 0.5) is 0 Å². The first-order valence-corrected chi connectivity index (χ1v) is 9.49. The number of hydrogen-bond acceptors (Lipinski definition) is 4. The highest BCUT2D eigenvalue weighted by atomic mass is 127. The summed E-state index contributed by atoms with van der Waals surface area (Å²) in [7, 11) is 0. The Morgan fingerprint density at radius 2 is 1.97 bits per heavy atom. The van der Waals surface area contributed by atoms with Crippen LogP contribution in [-0.2, 0) is 6.42 Å². The maximum absolute atomic E-state index is 5.64. The number of rotatable bonds is 9. The van der Waals surface area contributed by atoms with Crippen LogP contribution in [0.2, 0.25) is 0 Å². The van der Waals surface area contributed by atoms with Crippen molar-refractivity contribution in [3.8, 4) is 11.4 Å². The molecule has 2 N–H and O–H groups in total. The highest BCUT2D eigenvalue weighted by Crippen LogP contribution is 2.09. The topological polar surface area (TPSA) is 76.4 Å². The summed E-state index contributed by atoms with van der Waals surface area (Å²) in [6, 6.07) is 14.1. The fourth-order valence-corrected chi connectivity index (χ4v) is 2.65. The van der Waals surface area contributed by atoms with Gasteiger partial charge in [-0.3, -0.25) is 9.98 Å². The number of aromatic nitrogens is 3. The zero-order chi connectivity index (χ0) is 19.4. The van der Waals surface area contributed by atoms with Crippen molar-refractivity contribution >= 4 is 29.9 Å². The van der Waals surface area contributed by atoms with E-state index in [1.807, 2.05) is 29.1 Å². The van der Waals surface area contributed by atoms with E-state index in [2.05, 4.69) is 56.9 Å². The van der Waals surface area contributed by atoms with Crippen LogP contribution >= 0.6 is 24.0 Å². The van der Waals surface area contributed by atoms with E-state index in [0.717, 1.165) is 30.4 Å². The molecule has 2 aromatic heterocycles. The summed E-state index contributed by atoms with van der Waals surface area (Å²) in [4.78, 5) is 8.67. The van der Waals surface area contributed by atoms with Gasteiger partial charge in [-0.1, -0.05) is 12.1 Å². The van der Waals surface area contributed by atoms with E-state index in [-0.39, 0.29) is 24.0 Å². The SMILES string of the molecule is CCNC(=NCCc1ccc(-n2cccn2)cc1)NCCOc1cccnc1.I. The molecular weight excluding hydrogens is 479 g/mol. The Labute approximate surface area is 188 Å². The van der Waals surface area contributed by atoms with Crippen molar-refractivity contribution in [2.75, 3.05) is 26.2 Å². The Morgan fingerprint density at radius 3 is 2.66 bits per heavy atom. The third-order valence-corrected chi connectivity index (χ3v) is 4.02. The molecule has 29 heavy (non-hydrogen) atoms. The van der Waals surface area contributed by atoms with Gasteiger partial charge in [0.25, 0.3) is 0 Å². The van der Waals surface area contributed by atoms with Crippen molar-refractivity contribution in [2.45, 2.75) is 13.3 Å². The molecule has 0 bridgehead atoms. The first-order valence-electron chi connectivity index (χ1n) is 9.49. The smallest absolute Gasteiger partial charge is 0.191 e. The van der Waals surface area contributed by atoms with E-state index in [0.29, 0.717) is 19.7 Å². The number of nitrogens with zero attached hydrogens (tertiary/aromatic N) is 4. The minimum Gasteiger partial charge on any atom is -0.490 e. The van der Waals surface area contributed by atoms with Gasteiger partial charge in [-0.05, 0) is 49.2 Å². The molecule has 0 unspecified atom stereocenters. The van der Waals surface area contributed by atoms with E-state index in [1.165, 1.54) is 5.56 Å². The molecule has 0 radical (unpaired) electrons. The summed E-state index contributed by atoms with van der Waals surface area (Å²) in [6.07, 6.45) is 8.02. The Kier molecular flexibility index (Phi) is 9.98. The van der Waals surface area contributed by atoms with Gasteiger partial charge in [-0.15, -0.1) is 24.0 Å². The maximum Gasteiger partial charge on any atom is 0.191 e. The second-order valence-corrected chi connectivity index (χ2v) is 6.09. The maximum atomic E-state index is 5.64. The summed E-state index contributed by atoms with van der Waals surface area (Å²) in [5.41, 5.74) is 2.30. The molecule has 2 heterocycles. The number of hydrogen-bond donors (Lipinski definition) is 2. The van der Waals surface area contributed by atoms with Crippen molar-refractivity contribution in [3.63, 3.8) is 0 Å². The van der Waals surface area contributed by atoms with Crippen LogP contribution in [0.25, 0.3) is 5.69 Å². The van der Waals surface area contributed by atoms with Gasteiger partial charge in [0.05, 0.1) is 18.4 Å². The minimum atomic E-state index is 0. The molecule has 0 fully saturated rings. The molecule has 0 aliphatic carbocycles. The van der Waals surface area contributed by atoms with Crippen LogP contribution in [-0.4, -0.2) is 47.0 Å². The molecule has 0 aliphatic heterocycles. The molecule has 0 saturated heterocycles. The zero-order valence-corrected chi connectivity index (χ0v) is 18.8. The average Bonchev–Trinajstić information content (AvgIpc) is 3.27. The van der Waals surface area contributed by atoms with Crippen molar-refractivity contribution in [1.29, 1.82) is 0 Å².